The zero-order valence-corrected chi connectivity index (χ0v) is 12.5. The zero-order valence-electron chi connectivity index (χ0n) is 10.9. The Morgan fingerprint density at radius 2 is 1.82 bits per heavy atom. The Balaban J connectivity index is 2.79. The van der Waals surface area contributed by atoms with Crippen LogP contribution in [0.3, 0.4) is 0 Å². The number of benzene rings is 1. The van der Waals surface area contributed by atoms with E-state index in [4.69, 9.17) is 0 Å². The largest absolute Gasteiger partial charge is 0.355 e. The van der Waals surface area contributed by atoms with Crippen LogP contribution in [0.2, 0.25) is 0 Å². The number of carbonyl (C=O) groups excluding carboxylic acids is 1. The van der Waals surface area contributed by atoms with Crippen molar-refractivity contribution in [3.63, 3.8) is 0 Å². The molecule has 0 aliphatic rings. The molecule has 17 heavy (non-hydrogen) atoms. The van der Waals surface area contributed by atoms with Crippen molar-refractivity contribution in [2.75, 3.05) is 6.54 Å². The molecule has 0 bridgehead atoms. The van der Waals surface area contributed by atoms with Gasteiger partial charge in [0.05, 0.1) is 5.41 Å². The first-order valence-electron chi connectivity index (χ1n) is 5.88. The van der Waals surface area contributed by atoms with Gasteiger partial charge < -0.3 is 5.32 Å². The molecule has 2 nitrogen and oxygen atoms in total. The highest BCUT2D eigenvalue weighted by Gasteiger charge is 2.29. The first-order chi connectivity index (χ1) is 7.84. The molecule has 94 valence electrons. The molecule has 0 aliphatic heterocycles. The van der Waals surface area contributed by atoms with Gasteiger partial charge in [-0.1, -0.05) is 41.9 Å². The van der Waals surface area contributed by atoms with Gasteiger partial charge in [0, 0.05) is 11.0 Å². The molecule has 0 unspecified atom stereocenters. The first-order valence-corrected chi connectivity index (χ1v) is 6.67. The number of carbonyl (C=O) groups is 1. The molecule has 1 amide bonds. The minimum atomic E-state index is -0.490. The van der Waals surface area contributed by atoms with Crippen molar-refractivity contribution in [2.45, 2.75) is 33.1 Å². The van der Waals surface area contributed by atoms with Gasteiger partial charge in [-0.05, 0) is 37.5 Å². The number of rotatable bonds is 4. The second kappa shape index (κ2) is 5.67. The molecular weight excluding hydrogens is 278 g/mol. The summed E-state index contributed by atoms with van der Waals surface area (Å²) in [4.78, 5) is 12.1. The lowest BCUT2D eigenvalue weighted by Crippen LogP contribution is -2.41. The maximum Gasteiger partial charge on any atom is 0.230 e. The Labute approximate surface area is 112 Å². The fraction of sp³-hybridized carbons (Fsp3) is 0.500. The molecule has 1 aromatic carbocycles. The van der Waals surface area contributed by atoms with Crippen molar-refractivity contribution < 1.29 is 4.79 Å². The topological polar surface area (TPSA) is 29.1 Å². The summed E-state index contributed by atoms with van der Waals surface area (Å²) in [5.41, 5.74) is 0.539. The quantitative estimate of drug-likeness (QED) is 0.905. The molecule has 0 fully saturated rings. The molecule has 0 aromatic heterocycles. The molecule has 1 aromatic rings. The molecule has 1 N–H and O–H groups in total. The number of hydrogen-bond donors (Lipinski definition) is 1. The molecule has 3 heteroatoms. The number of nitrogens with one attached hydrogen (secondary N) is 1. The summed E-state index contributed by atoms with van der Waals surface area (Å²) >= 11 is 3.40. The van der Waals surface area contributed by atoms with Crippen LogP contribution >= 0.6 is 15.9 Å². The van der Waals surface area contributed by atoms with Gasteiger partial charge in [-0.25, -0.2) is 0 Å². The lowest BCUT2D eigenvalue weighted by atomic mass is 9.83. The summed E-state index contributed by atoms with van der Waals surface area (Å²) in [6.07, 6.45) is 0. The van der Waals surface area contributed by atoms with Crippen molar-refractivity contribution >= 4 is 21.8 Å². The van der Waals surface area contributed by atoms with Gasteiger partial charge >= 0.3 is 0 Å². The van der Waals surface area contributed by atoms with E-state index in [0.29, 0.717) is 5.92 Å². The Hall–Kier alpha value is -0.830. The average molecular weight is 298 g/mol. The minimum absolute atomic E-state index is 0.0773. The van der Waals surface area contributed by atoms with Gasteiger partial charge in [0.1, 0.15) is 0 Å². The molecule has 0 heterocycles. The van der Waals surface area contributed by atoms with Gasteiger partial charge in [0.2, 0.25) is 5.91 Å². The Morgan fingerprint density at radius 3 is 2.29 bits per heavy atom. The third-order valence-electron chi connectivity index (χ3n) is 2.80. The Bertz CT molecular complexity index is 382. The van der Waals surface area contributed by atoms with Crippen molar-refractivity contribution in [1.82, 2.24) is 5.32 Å². The monoisotopic (exact) mass is 297 g/mol. The van der Waals surface area contributed by atoms with Crippen LogP contribution in [0.4, 0.5) is 0 Å². The predicted octanol–water partition coefficient (Wildman–Crippen LogP) is 3.50. The maximum absolute atomic E-state index is 12.1. The summed E-state index contributed by atoms with van der Waals surface area (Å²) in [7, 11) is 0. The van der Waals surface area contributed by atoms with E-state index in [1.165, 1.54) is 0 Å². The van der Waals surface area contributed by atoms with Gasteiger partial charge in [-0.3, -0.25) is 4.79 Å². The van der Waals surface area contributed by atoms with E-state index in [1.54, 1.807) is 0 Å². The lowest BCUT2D eigenvalue weighted by Gasteiger charge is -2.24. The predicted molar refractivity (Wildman–Crippen MR) is 75.0 cm³/mol. The van der Waals surface area contributed by atoms with E-state index in [-0.39, 0.29) is 5.91 Å². The number of amides is 1. The Morgan fingerprint density at radius 1 is 1.29 bits per heavy atom. The van der Waals surface area contributed by atoms with Crippen LogP contribution in [-0.4, -0.2) is 12.5 Å². The van der Waals surface area contributed by atoms with Crippen LogP contribution in [0.25, 0.3) is 0 Å². The number of hydrogen-bond acceptors (Lipinski definition) is 1. The molecule has 0 aliphatic carbocycles. The highest BCUT2D eigenvalue weighted by atomic mass is 79.9. The lowest BCUT2D eigenvalue weighted by molar-refractivity contribution is -0.125. The average Bonchev–Trinajstić information content (AvgIpc) is 2.26. The molecule has 1 rings (SSSR count). The smallest absolute Gasteiger partial charge is 0.230 e. The molecule has 0 radical (unpaired) electrons. The highest BCUT2D eigenvalue weighted by molar-refractivity contribution is 9.10. The van der Waals surface area contributed by atoms with E-state index in [0.717, 1.165) is 16.6 Å². The summed E-state index contributed by atoms with van der Waals surface area (Å²) in [6.45, 7) is 8.80. The molecule has 0 saturated carbocycles. The van der Waals surface area contributed by atoms with Gasteiger partial charge in [0.15, 0.2) is 0 Å². The van der Waals surface area contributed by atoms with Crippen molar-refractivity contribution in [1.29, 1.82) is 0 Å². The fourth-order valence-corrected chi connectivity index (χ4v) is 1.78. The first kappa shape index (κ1) is 14.2. The third kappa shape index (κ3) is 3.84. The van der Waals surface area contributed by atoms with Crippen LogP contribution in [0, 0.1) is 5.92 Å². The standard InChI is InChI=1S/C14H20BrNO/c1-10(2)9-16-13(17)14(3,4)11-5-7-12(15)8-6-11/h5-8,10H,9H2,1-4H3,(H,16,17). The second-order valence-electron chi connectivity index (χ2n) is 5.24. The van der Waals surface area contributed by atoms with Crippen molar-refractivity contribution in [2.24, 2.45) is 5.92 Å². The van der Waals surface area contributed by atoms with Gasteiger partial charge in [-0.15, -0.1) is 0 Å². The van der Waals surface area contributed by atoms with Crippen LogP contribution in [0.1, 0.15) is 33.3 Å². The van der Waals surface area contributed by atoms with E-state index in [9.17, 15) is 4.79 Å². The molecular formula is C14H20BrNO. The van der Waals surface area contributed by atoms with E-state index < -0.39 is 5.41 Å². The van der Waals surface area contributed by atoms with Gasteiger partial charge in [0.25, 0.3) is 0 Å². The summed E-state index contributed by atoms with van der Waals surface area (Å²) < 4.78 is 1.03. The van der Waals surface area contributed by atoms with E-state index >= 15 is 0 Å². The zero-order chi connectivity index (χ0) is 13.1. The third-order valence-corrected chi connectivity index (χ3v) is 3.33. The summed E-state index contributed by atoms with van der Waals surface area (Å²) in [6, 6.07) is 7.90. The van der Waals surface area contributed by atoms with Crippen LogP contribution < -0.4 is 5.32 Å². The van der Waals surface area contributed by atoms with Crippen LogP contribution in [-0.2, 0) is 10.2 Å². The fourth-order valence-electron chi connectivity index (χ4n) is 1.52. The summed E-state index contributed by atoms with van der Waals surface area (Å²) in [5, 5.41) is 2.98. The summed E-state index contributed by atoms with van der Waals surface area (Å²) in [5.74, 6) is 0.549. The van der Waals surface area contributed by atoms with Crippen molar-refractivity contribution in [3.8, 4) is 0 Å². The second-order valence-corrected chi connectivity index (χ2v) is 6.15. The maximum atomic E-state index is 12.1. The SMILES string of the molecule is CC(C)CNC(=O)C(C)(C)c1ccc(Br)cc1. The van der Waals surface area contributed by atoms with Gasteiger partial charge in [-0.2, -0.15) is 0 Å². The number of halogens is 1. The Kier molecular flexibility index (Phi) is 4.75. The van der Waals surface area contributed by atoms with Crippen LogP contribution in [0.5, 0.6) is 0 Å². The minimum Gasteiger partial charge on any atom is -0.355 e. The molecule has 0 atom stereocenters. The highest BCUT2D eigenvalue weighted by Crippen LogP contribution is 2.25. The molecule has 0 saturated heterocycles. The molecule has 0 spiro atoms. The van der Waals surface area contributed by atoms with E-state index in [1.807, 2.05) is 38.1 Å². The normalized spacial score (nSPS) is 11.6. The van der Waals surface area contributed by atoms with Crippen LogP contribution in [0.15, 0.2) is 28.7 Å². The van der Waals surface area contributed by atoms with Crippen molar-refractivity contribution in [3.05, 3.63) is 34.3 Å². The van der Waals surface area contributed by atoms with E-state index in [2.05, 4.69) is 35.1 Å².